The molecule has 4 heteroatoms. The van der Waals surface area contributed by atoms with Gasteiger partial charge in [-0.3, -0.25) is 9.59 Å². The van der Waals surface area contributed by atoms with Crippen molar-refractivity contribution in [2.45, 2.75) is 25.7 Å². The Morgan fingerprint density at radius 2 is 1.11 bits per heavy atom. The van der Waals surface area contributed by atoms with Gasteiger partial charge in [-0.25, -0.2) is 0 Å². The largest absolute Gasteiger partial charge is 0.465 e. The van der Waals surface area contributed by atoms with Gasteiger partial charge < -0.3 is 9.47 Å². The van der Waals surface area contributed by atoms with Gasteiger partial charge in [0, 0.05) is 0 Å². The van der Waals surface area contributed by atoms with Crippen LogP contribution in [0.15, 0.2) is 24.3 Å². The molecule has 0 amide bonds. The first kappa shape index (κ1) is 12.6. The molecule has 0 atom stereocenters. The second-order valence-corrected chi connectivity index (χ2v) is 4.32. The molecule has 18 heavy (non-hydrogen) atoms. The summed E-state index contributed by atoms with van der Waals surface area (Å²) in [6.45, 7) is 0.767. The van der Waals surface area contributed by atoms with Crippen molar-refractivity contribution < 1.29 is 19.1 Å². The second-order valence-electron chi connectivity index (χ2n) is 4.32. The summed E-state index contributed by atoms with van der Waals surface area (Å²) < 4.78 is 10.2. The van der Waals surface area contributed by atoms with E-state index < -0.39 is 0 Å². The van der Waals surface area contributed by atoms with Crippen molar-refractivity contribution in [2.75, 3.05) is 13.2 Å². The Bertz CT molecular complexity index is 381. The van der Waals surface area contributed by atoms with Gasteiger partial charge in [0.15, 0.2) is 0 Å². The van der Waals surface area contributed by atoms with Crippen molar-refractivity contribution in [3.63, 3.8) is 0 Å². The number of carbonyl (C=O) groups excluding carboxylic acids is 2. The molecule has 3 rings (SSSR count). The third-order valence-electron chi connectivity index (χ3n) is 2.78. The van der Waals surface area contributed by atoms with Crippen LogP contribution >= 0.6 is 0 Å². The Morgan fingerprint density at radius 1 is 0.722 bits per heavy atom. The zero-order valence-electron chi connectivity index (χ0n) is 10.2. The topological polar surface area (TPSA) is 52.6 Å². The summed E-state index contributed by atoms with van der Waals surface area (Å²) in [5.74, 6) is -0.423. The maximum atomic E-state index is 11.5. The molecular weight excluding hydrogens is 232 g/mol. The van der Waals surface area contributed by atoms with E-state index in [9.17, 15) is 9.59 Å². The van der Waals surface area contributed by atoms with Gasteiger partial charge in [-0.2, -0.15) is 0 Å². The lowest BCUT2D eigenvalue weighted by Crippen LogP contribution is -2.13. The van der Waals surface area contributed by atoms with E-state index in [2.05, 4.69) is 0 Å². The van der Waals surface area contributed by atoms with Gasteiger partial charge in [0.25, 0.3) is 0 Å². The van der Waals surface area contributed by atoms with E-state index >= 15 is 0 Å². The first-order chi connectivity index (χ1) is 8.74. The molecule has 96 valence electrons. The van der Waals surface area contributed by atoms with Gasteiger partial charge >= 0.3 is 11.9 Å². The number of rotatable bonds is 0. The molecule has 2 aliphatic rings. The minimum Gasteiger partial charge on any atom is -0.465 e. The van der Waals surface area contributed by atoms with Crippen LogP contribution in [0.3, 0.4) is 0 Å². The van der Waals surface area contributed by atoms with E-state index in [0.717, 1.165) is 24.0 Å². The number of esters is 2. The molecule has 0 fully saturated rings. The minimum atomic E-state index is -0.211. The zero-order chi connectivity index (χ0) is 12.8. The summed E-state index contributed by atoms with van der Waals surface area (Å²) in [7, 11) is 0. The fourth-order valence-electron chi connectivity index (χ4n) is 1.79. The lowest BCUT2D eigenvalue weighted by molar-refractivity contribution is -0.145. The van der Waals surface area contributed by atoms with Gasteiger partial charge in [0.2, 0.25) is 0 Å². The highest BCUT2D eigenvalue weighted by molar-refractivity contribution is 5.74. The molecule has 0 saturated heterocycles. The molecule has 0 N–H and O–H groups in total. The maximum Gasteiger partial charge on any atom is 0.310 e. The molecule has 0 unspecified atom stereocenters. The molecule has 0 saturated carbocycles. The summed E-state index contributed by atoms with van der Waals surface area (Å²) in [5, 5.41) is 0. The Balaban J connectivity index is 2.08. The SMILES string of the molecule is O=C1Cc2ccc(cc2)CC(=O)OCCCCO1. The van der Waals surface area contributed by atoms with E-state index in [-0.39, 0.29) is 24.8 Å². The normalized spacial score (nSPS) is 17.8. The molecule has 2 bridgehead atoms. The van der Waals surface area contributed by atoms with Crippen molar-refractivity contribution in [1.82, 2.24) is 0 Å². The lowest BCUT2D eigenvalue weighted by Gasteiger charge is -2.09. The van der Waals surface area contributed by atoms with Crippen LogP contribution in [0.25, 0.3) is 0 Å². The molecule has 0 aliphatic carbocycles. The monoisotopic (exact) mass is 248 g/mol. The fourth-order valence-corrected chi connectivity index (χ4v) is 1.79. The van der Waals surface area contributed by atoms with Crippen LogP contribution in [0.5, 0.6) is 0 Å². The third kappa shape index (κ3) is 3.87. The molecular formula is C14H16O4. The lowest BCUT2D eigenvalue weighted by atomic mass is 10.1. The molecule has 0 aromatic heterocycles. The van der Waals surface area contributed by atoms with Crippen LogP contribution in [0.2, 0.25) is 0 Å². The smallest absolute Gasteiger partial charge is 0.310 e. The molecule has 1 aromatic rings. The van der Waals surface area contributed by atoms with Crippen molar-refractivity contribution >= 4 is 11.9 Å². The zero-order valence-corrected chi connectivity index (χ0v) is 10.2. The summed E-state index contributed by atoms with van der Waals surface area (Å²) in [6, 6.07) is 7.37. The first-order valence-corrected chi connectivity index (χ1v) is 6.13. The summed E-state index contributed by atoms with van der Waals surface area (Å²) in [6.07, 6.45) is 2.00. The molecule has 0 radical (unpaired) electrons. The molecule has 4 nitrogen and oxygen atoms in total. The summed E-state index contributed by atoms with van der Waals surface area (Å²) >= 11 is 0. The fraction of sp³-hybridized carbons (Fsp3) is 0.429. The third-order valence-corrected chi connectivity index (χ3v) is 2.78. The Morgan fingerprint density at radius 3 is 1.50 bits per heavy atom. The molecule has 0 spiro atoms. The average molecular weight is 248 g/mol. The maximum absolute atomic E-state index is 11.5. The predicted molar refractivity (Wildman–Crippen MR) is 65.0 cm³/mol. The van der Waals surface area contributed by atoms with E-state index in [1.165, 1.54) is 0 Å². The first-order valence-electron chi connectivity index (χ1n) is 6.13. The van der Waals surface area contributed by atoms with E-state index in [4.69, 9.17) is 9.47 Å². The highest BCUT2D eigenvalue weighted by Crippen LogP contribution is 2.08. The Hall–Kier alpha value is -1.84. The van der Waals surface area contributed by atoms with Crippen molar-refractivity contribution in [3.8, 4) is 0 Å². The van der Waals surface area contributed by atoms with Crippen LogP contribution in [0, 0.1) is 0 Å². The van der Waals surface area contributed by atoms with Crippen LogP contribution in [-0.2, 0) is 31.9 Å². The number of fused-ring (bicyclic) bond motifs is 11. The van der Waals surface area contributed by atoms with E-state index in [1.807, 2.05) is 24.3 Å². The number of carbonyl (C=O) groups is 2. The molecule has 2 aliphatic heterocycles. The van der Waals surface area contributed by atoms with Gasteiger partial charge in [-0.05, 0) is 24.0 Å². The predicted octanol–water partition coefficient (Wildman–Crippen LogP) is 1.65. The Kier molecular flexibility index (Phi) is 4.34. The number of ether oxygens (including phenoxy) is 2. The molecule has 1 aromatic carbocycles. The number of benzene rings is 1. The van der Waals surface area contributed by atoms with Crippen LogP contribution in [0.1, 0.15) is 24.0 Å². The van der Waals surface area contributed by atoms with Crippen molar-refractivity contribution in [3.05, 3.63) is 35.4 Å². The van der Waals surface area contributed by atoms with Gasteiger partial charge in [-0.1, -0.05) is 24.3 Å². The van der Waals surface area contributed by atoms with Crippen LogP contribution in [0.4, 0.5) is 0 Å². The van der Waals surface area contributed by atoms with Crippen molar-refractivity contribution in [2.24, 2.45) is 0 Å². The summed E-state index contributed by atoms with van der Waals surface area (Å²) in [5.41, 5.74) is 1.79. The number of hydrogen-bond donors (Lipinski definition) is 0. The number of hydrogen-bond acceptors (Lipinski definition) is 4. The van der Waals surface area contributed by atoms with E-state index in [1.54, 1.807) is 0 Å². The van der Waals surface area contributed by atoms with E-state index in [0.29, 0.717) is 13.2 Å². The van der Waals surface area contributed by atoms with Gasteiger partial charge in [0.1, 0.15) is 0 Å². The highest BCUT2D eigenvalue weighted by Gasteiger charge is 2.09. The average Bonchev–Trinajstić information content (AvgIpc) is 2.35. The standard InChI is InChI=1S/C14H16O4/c15-13-9-11-3-5-12(6-4-11)10-14(16)18-8-2-1-7-17-13/h3-6H,1-2,7-10H2. The molecule has 2 heterocycles. The Labute approximate surface area is 106 Å². The second kappa shape index (κ2) is 6.19. The minimum absolute atomic E-state index is 0.211. The van der Waals surface area contributed by atoms with Crippen LogP contribution in [-0.4, -0.2) is 25.2 Å². The highest BCUT2D eigenvalue weighted by atomic mass is 16.5. The quantitative estimate of drug-likeness (QED) is 0.655. The van der Waals surface area contributed by atoms with Crippen molar-refractivity contribution in [1.29, 1.82) is 0 Å². The van der Waals surface area contributed by atoms with Gasteiger partial charge in [-0.15, -0.1) is 0 Å². The van der Waals surface area contributed by atoms with Gasteiger partial charge in [0.05, 0.1) is 26.1 Å². The van der Waals surface area contributed by atoms with Crippen LogP contribution < -0.4 is 0 Å². The summed E-state index contributed by atoms with van der Waals surface area (Å²) in [4.78, 5) is 23.0.